The summed E-state index contributed by atoms with van der Waals surface area (Å²) in [7, 11) is 0. The second-order valence-electron chi connectivity index (χ2n) is 9.03. The fourth-order valence-electron chi connectivity index (χ4n) is 4.95. The van der Waals surface area contributed by atoms with Crippen LogP contribution in [-0.2, 0) is 27.1 Å². The van der Waals surface area contributed by atoms with Gasteiger partial charge >= 0.3 is 0 Å². The Kier molecular flexibility index (Phi) is 5.76. The molecule has 4 aliphatic rings. The maximum Gasteiger partial charge on any atom is 0.227 e. The minimum atomic E-state index is 0.236. The van der Waals surface area contributed by atoms with Crippen molar-refractivity contribution in [1.82, 2.24) is 4.90 Å². The first-order valence-corrected chi connectivity index (χ1v) is 12.0. The van der Waals surface area contributed by atoms with Crippen molar-refractivity contribution in [3.8, 4) is 5.75 Å². The molecule has 5 rings (SSSR count). The number of fused-ring (bicyclic) bond motifs is 1. The van der Waals surface area contributed by atoms with Crippen molar-refractivity contribution in [1.29, 1.82) is 0 Å². The van der Waals surface area contributed by atoms with Crippen LogP contribution in [0.25, 0.3) is 0 Å². The van der Waals surface area contributed by atoms with E-state index in [1.807, 2.05) is 28.8 Å². The molecule has 0 N–H and O–H groups in total. The van der Waals surface area contributed by atoms with Crippen molar-refractivity contribution in [2.75, 3.05) is 45.3 Å². The van der Waals surface area contributed by atoms with E-state index in [1.165, 1.54) is 5.56 Å². The van der Waals surface area contributed by atoms with Gasteiger partial charge in [0, 0.05) is 38.7 Å². The van der Waals surface area contributed by atoms with E-state index in [2.05, 4.69) is 6.07 Å². The van der Waals surface area contributed by atoms with Crippen LogP contribution in [0.2, 0.25) is 0 Å². The third-order valence-electron chi connectivity index (χ3n) is 6.72. The molecule has 1 spiro atoms. The lowest BCUT2D eigenvalue weighted by Gasteiger charge is -2.47. The van der Waals surface area contributed by atoms with Crippen molar-refractivity contribution in [3.63, 3.8) is 0 Å². The summed E-state index contributed by atoms with van der Waals surface area (Å²) in [5.74, 6) is 2.96. The zero-order valence-electron chi connectivity index (χ0n) is 17.1. The molecule has 1 aromatic carbocycles. The molecule has 6 heteroatoms. The fraction of sp³-hybridized carbons (Fsp3) is 0.696. The summed E-state index contributed by atoms with van der Waals surface area (Å²) < 4.78 is 17.6. The molecular formula is C23H31NO4S. The Labute approximate surface area is 177 Å². The first-order chi connectivity index (χ1) is 14.2. The van der Waals surface area contributed by atoms with Crippen LogP contribution >= 0.6 is 11.8 Å². The van der Waals surface area contributed by atoms with Gasteiger partial charge in [-0.2, -0.15) is 0 Å². The highest BCUT2D eigenvalue weighted by molar-refractivity contribution is 8.01. The molecule has 29 heavy (non-hydrogen) atoms. The molecule has 0 unspecified atom stereocenters. The van der Waals surface area contributed by atoms with Gasteiger partial charge in [-0.3, -0.25) is 4.79 Å². The number of benzene rings is 1. The van der Waals surface area contributed by atoms with Crippen LogP contribution in [0.4, 0.5) is 0 Å². The minimum Gasteiger partial charge on any atom is -0.493 e. The highest BCUT2D eigenvalue weighted by Gasteiger charge is 2.50. The molecule has 1 aromatic rings. The highest BCUT2D eigenvalue weighted by atomic mass is 32.2. The van der Waals surface area contributed by atoms with Gasteiger partial charge in [-0.15, -0.1) is 11.8 Å². The Morgan fingerprint density at radius 3 is 2.97 bits per heavy atom. The lowest BCUT2D eigenvalue weighted by molar-refractivity contribution is -0.136. The zero-order valence-corrected chi connectivity index (χ0v) is 17.9. The summed E-state index contributed by atoms with van der Waals surface area (Å²) in [6.07, 6.45) is 6.30. The number of carbonyl (C=O) groups is 1. The third kappa shape index (κ3) is 4.44. The number of aryl methyl sites for hydroxylation is 1. The number of amides is 1. The first-order valence-electron chi connectivity index (χ1n) is 11.0. The topological polar surface area (TPSA) is 48.0 Å². The van der Waals surface area contributed by atoms with Gasteiger partial charge in [0.15, 0.2) is 0 Å². The molecule has 4 aliphatic heterocycles. The van der Waals surface area contributed by atoms with Crippen LogP contribution in [0.1, 0.15) is 36.8 Å². The number of hydrogen-bond acceptors (Lipinski definition) is 5. The van der Waals surface area contributed by atoms with E-state index in [9.17, 15) is 4.79 Å². The van der Waals surface area contributed by atoms with Gasteiger partial charge in [0.2, 0.25) is 5.91 Å². The lowest BCUT2D eigenvalue weighted by Crippen LogP contribution is -2.61. The van der Waals surface area contributed by atoms with Gasteiger partial charge in [0.1, 0.15) is 5.75 Å². The summed E-state index contributed by atoms with van der Waals surface area (Å²) in [4.78, 5) is 14.8. The van der Waals surface area contributed by atoms with Gasteiger partial charge in [0.25, 0.3) is 0 Å². The second kappa shape index (κ2) is 8.48. The lowest BCUT2D eigenvalue weighted by atomic mass is 9.92. The van der Waals surface area contributed by atoms with Crippen molar-refractivity contribution in [2.24, 2.45) is 5.92 Å². The summed E-state index contributed by atoms with van der Waals surface area (Å²) in [6.45, 7) is 5.19. The summed E-state index contributed by atoms with van der Waals surface area (Å²) >= 11 is 2.01. The van der Waals surface area contributed by atoms with E-state index in [0.717, 1.165) is 88.7 Å². The summed E-state index contributed by atoms with van der Waals surface area (Å²) in [5.41, 5.74) is 2.36. The molecule has 4 heterocycles. The number of ether oxygens (including phenoxy) is 3. The Bertz CT molecular complexity index is 742. The monoisotopic (exact) mass is 417 g/mol. The molecule has 0 aliphatic carbocycles. The van der Waals surface area contributed by atoms with Crippen LogP contribution in [0.5, 0.6) is 5.75 Å². The van der Waals surface area contributed by atoms with Crippen molar-refractivity contribution in [2.45, 2.75) is 49.4 Å². The average molecular weight is 418 g/mol. The zero-order chi connectivity index (χ0) is 19.7. The van der Waals surface area contributed by atoms with E-state index >= 15 is 0 Å². The molecule has 1 amide bonds. The SMILES string of the molecule is O=C(Cc1ccc2c(c1)CCCO2)N1CC2(C[C@@H](OCC3CCOCC3)CS2)C1. The Morgan fingerprint density at radius 1 is 1.24 bits per heavy atom. The summed E-state index contributed by atoms with van der Waals surface area (Å²) in [6, 6.07) is 6.23. The van der Waals surface area contributed by atoms with E-state index in [1.54, 1.807) is 0 Å². The molecule has 158 valence electrons. The van der Waals surface area contributed by atoms with Crippen molar-refractivity contribution in [3.05, 3.63) is 29.3 Å². The molecule has 0 saturated carbocycles. The van der Waals surface area contributed by atoms with Gasteiger partial charge in [0.05, 0.1) is 23.9 Å². The summed E-state index contributed by atoms with van der Waals surface area (Å²) in [5, 5.41) is 0. The predicted octanol–water partition coefficient (Wildman–Crippen LogP) is 3.08. The Balaban J connectivity index is 1.08. The second-order valence-corrected chi connectivity index (χ2v) is 10.5. The van der Waals surface area contributed by atoms with Crippen LogP contribution in [-0.4, -0.2) is 66.9 Å². The Hall–Kier alpha value is -1.24. The molecule has 3 fully saturated rings. The van der Waals surface area contributed by atoms with E-state index in [-0.39, 0.29) is 10.7 Å². The molecule has 5 nitrogen and oxygen atoms in total. The van der Waals surface area contributed by atoms with Crippen molar-refractivity contribution >= 4 is 17.7 Å². The minimum absolute atomic E-state index is 0.236. The number of likely N-dealkylation sites (tertiary alicyclic amines) is 1. The molecule has 1 atom stereocenters. The van der Waals surface area contributed by atoms with E-state index in [0.29, 0.717) is 18.4 Å². The smallest absolute Gasteiger partial charge is 0.227 e. The van der Waals surface area contributed by atoms with Crippen LogP contribution in [0, 0.1) is 5.92 Å². The number of carbonyl (C=O) groups excluding carboxylic acids is 1. The standard InChI is InChI=1S/C23H31NO4S/c25-22(11-18-3-4-21-19(10-18)2-1-7-27-21)24-15-23(16-24)12-20(14-29-23)28-13-17-5-8-26-9-6-17/h3-4,10,17,20H,1-2,5-9,11-16H2/t20-/m1/s1. The van der Waals surface area contributed by atoms with Gasteiger partial charge in [-0.1, -0.05) is 12.1 Å². The van der Waals surface area contributed by atoms with Gasteiger partial charge in [-0.25, -0.2) is 0 Å². The fourth-order valence-corrected chi connectivity index (χ4v) is 6.50. The number of rotatable bonds is 5. The molecular weight excluding hydrogens is 386 g/mol. The van der Waals surface area contributed by atoms with Crippen LogP contribution in [0.3, 0.4) is 0 Å². The molecule has 0 bridgehead atoms. The van der Waals surface area contributed by atoms with Gasteiger partial charge < -0.3 is 19.1 Å². The number of hydrogen-bond donors (Lipinski definition) is 0. The van der Waals surface area contributed by atoms with Gasteiger partial charge in [-0.05, 0) is 55.2 Å². The maximum atomic E-state index is 12.8. The largest absolute Gasteiger partial charge is 0.493 e. The highest BCUT2D eigenvalue weighted by Crippen LogP contribution is 2.46. The van der Waals surface area contributed by atoms with E-state index < -0.39 is 0 Å². The number of thioether (sulfide) groups is 1. The number of nitrogens with zero attached hydrogens (tertiary/aromatic N) is 1. The normalized spacial score (nSPS) is 26.1. The molecule has 0 radical (unpaired) electrons. The van der Waals surface area contributed by atoms with Crippen molar-refractivity contribution < 1.29 is 19.0 Å². The maximum absolute atomic E-state index is 12.8. The quantitative estimate of drug-likeness (QED) is 0.737. The Morgan fingerprint density at radius 2 is 2.10 bits per heavy atom. The average Bonchev–Trinajstić information content (AvgIpc) is 3.17. The molecule has 3 saturated heterocycles. The molecule has 0 aromatic heterocycles. The van der Waals surface area contributed by atoms with Crippen LogP contribution < -0.4 is 4.74 Å². The third-order valence-corrected chi connectivity index (χ3v) is 8.30. The van der Waals surface area contributed by atoms with E-state index in [4.69, 9.17) is 14.2 Å². The van der Waals surface area contributed by atoms with Crippen LogP contribution in [0.15, 0.2) is 18.2 Å². The first kappa shape index (κ1) is 19.7. The predicted molar refractivity (Wildman–Crippen MR) is 114 cm³/mol.